The molecule has 1 atom stereocenters. The SMILES string of the molecule is CCCc1ccc(C(NC)c2cc(Cl)ccc2I)cc1. The molecule has 0 heterocycles. The molecule has 0 spiro atoms. The number of rotatable bonds is 5. The number of hydrogen-bond donors (Lipinski definition) is 1. The van der Waals surface area contributed by atoms with Gasteiger partial charge in [-0.2, -0.15) is 0 Å². The van der Waals surface area contributed by atoms with Crippen LogP contribution in [-0.2, 0) is 6.42 Å². The molecule has 0 saturated heterocycles. The predicted octanol–water partition coefficient (Wildman–Crippen LogP) is 5.21. The van der Waals surface area contributed by atoms with Crippen molar-refractivity contribution in [2.45, 2.75) is 25.8 Å². The third kappa shape index (κ3) is 3.74. The van der Waals surface area contributed by atoms with Gasteiger partial charge in [0, 0.05) is 8.59 Å². The van der Waals surface area contributed by atoms with Gasteiger partial charge in [0.25, 0.3) is 0 Å². The highest BCUT2D eigenvalue weighted by molar-refractivity contribution is 14.1. The van der Waals surface area contributed by atoms with Crippen LogP contribution in [0.15, 0.2) is 42.5 Å². The fourth-order valence-electron chi connectivity index (χ4n) is 2.40. The van der Waals surface area contributed by atoms with Crippen molar-refractivity contribution in [1.29, 1.82) is 0 Å². The lowest BCUT2D eigenvalue weighted by molar-refractivity contribution is 0.688. The van der Waals surface area contributed by atoms with E-state index in [1.165, 1.54) is 26.7 Å². The van der Waals surface area contributed by atoms with Gasteiger partial charge in [0.1, 0.15) is 0 Å². The van der Waals surface area contributed by atoms with E-state index in [-0.39, 0.29) is 6.04 Å². The zero-order chi connectivity index (χ0) is 14.5. The lowest BCUT2D eigenvalue weighted by Gasteiger charge is -2.19. The van der Waals surface area contributed by atoms with E-state index in [4.69, 9.17) is 11.6 Å². The van der Waals surface area contributed by atoms with Gasteiger partial charge in [0.2, 0.25) is 0 Å². The van der Waals surface area contributed by atoms with E-state index in [0.29, 0.717) is 0 Å². The van der Waals surface area contributed by atoms with Gasteiger partial charge in [0.05, 0.1) is 6.04 Å². The molecule has 2 aromatic carbocycles. The van der Waals surface area contributed by atoms with Crippen molar-refractivity contribution in [1.82, 2.24) is 5.32 Å². The minimum absolute atomic E-state index is 0.177. The van der Waals surface area contributed by atoms with E-state index in [2.05, 4.69) is 65.2 Å². The first kappa shape index (κ1) is 15.8. The summed E-state index contributed by atoms with van der Waals surface area (Å²) in [7, 11) is 1.99. The van der Waals surface area contributed by atoms with Crippen molar-refractivity contribution < 1.29 is 0 Å². The summed E-state index contributed by atoms with van der Waals surface area (Å²) in [5.41, 5.74) is 3.89. The van der Waals surface area contributed by atoms with Crippen LogP contribution in [0.3, 0.4) is 0 Å². The van der Waals surface area contributed by atoms with Crippen LogP contribution >= 0.6 is 34.2 Å². The molecule has 0 aliphatic rings. The van der Waals surface area contributed by atoms with Crippen molar-refractivity contribution in [2.24, 2.45) is 0 Å². The second-order valence-corrected chi connectivity index (χ2v) is 6.48. The quantitative estimate of drug-likeness (QED) is 0.681. The Kier molecular flexibility index (Phi) is 5.87. The zero-order valence-corrected chi connectivity index (χ0v) is 14.7. The van der Waals surface area contributed by atoms with Crippen LogP contribution in [-0.4, -0.2) is 7.05 Å². The van der Waals surface area contributed by atoms with E-state index in [1.54, 1.807) is 0 Å². The lowest BCUT2D eigenvalue weighted by Crippen LogP contribution is -2.18. The first-order valence-electron chi connectivity index (χ1n) is 6.86. The summed E-state index contributed by atoms with van der Waals surface area (Å²) >= 11 is 8.50. The summed E-state index contributed by atoms with van der Waals surface area (Å²) in [4.78, 5) is 0. The van der Waals surface area contributed by atoms with Crippen LogP contribution in [0.5, 0.6) is 0 Å². The second-order valence-electron chi connectivity index (χ2n) is 4.88. The molecule has 20 heavy (non-hydrogen) atoms. The molecule has 0 fully saturated rings. The number of hydrogen-bond acceptors (Lipinski definition) is 1. The van der Waals surface area contributed by atoms with Gasteiger partial charge >= 0.3 is 0 Å². The highest BCUT2D eigenvalue weighted by atomic mass is 127. The van der Waals surface area contributed by atoms with Gasteiger partial charge in [0.15, 0.2) is 0 Å². The van der Waals surface area contributed by atoms with Crippen LogP contribution in [0.25, 0.3) is 0 Å². The highest BCUT2D eigenvalue weighted by Crippen LogP contribution is 2.28. The lowest BCUT2D eigenvalue weighted by atomic mass is 9.97. The van der Waals surface area contributed by atoms with Gasteiger partial charge in [-0.1, -0.05) is 49.2 Å². The molecule has 0 radical (unpaired) electrons. The van der Waals surface area contributed by atoms with Gasteiger partial charge < -0.3 is 5.32 Å². The van der Waals surface area contributed by atoms with Crippen molar-refractivity contribution in [3.63, 3.8) is 0 Å². The van der Waals surface area contributed by atoms with E-state index in [9.17, 15) is 0 Å². The Morgan fingerprint density at radius 1 is 1.15 bits per heavy atom. The molecule has 0 aliphatic carbocycles. The Hall–Kier alpha value is -0.580. The molecule has 2 aromatic rings. The molecule has 0 aliphatic heterocycles. The summed E-state index contributed by atoms with van der Waals surface area (Å²) in [5, 5.41) is 4.17. The maximum Gasteiger partial charge on any atom is 0.0585 e. The molecular weight excluding hydrogens is 381 g/mol. The Balaban J connectivity index is 2.34. The average molecular weight is 400 g/mol. The normalized spacial score (nSPS) is 12.4. The highest BCUT2D eigenvalue weighted by Gasteiger charge is 2.15. The molecule has 3 heteroatoms. The van der Waals surface area contributed by atoms with Crippen LogP contribution < -0.4 is 5.32 Å². The van der Waals surface area contributed by atoms with Crippen molar-refractivity contribution in [3.8, 4) is 0 Å². The fourth-order valence-corrected chi connectivity index (χ4v) is 3.23. The monoisotopic (exact) mass is 399 g/mol. The maximum atomic E-state index is 6.14. The molecule has 1 N–H and O–H groups in total. The molecule has 1 unspecified atom stereocenters. The van der Waals surface area contributed by atoms with Crippen LogP contribution in [0.4, 0.5) is 0 Å². The van der Waals surface area contributed by atoms with Crippen molar-refractivity contribution in [3.05, 3.63) is 67.7 Å². The Morgan fingerprint density at radius 3 is 2.45 bits per heavy atom. The summed E-state index contributed by atoms with van der Waals surface area (Å²) in [6.45, 7) is 2.21. The zero-order valence-electron chi connectivity index (χ0n) is 11.8. The van der Waals surface area contributed by atoms with Crippen LogP contribution in [0, 0.1) is 3.57 Å². The number of nitrogens with one attached hydrogen (secondary N) is 1. The molecule has 106 valence electrons. The number of aryl methyl sites for hydroxylation is 1. The Bertz CT molecular complexity index is 566. The summed E-state index contributed by atoms with van der Waals surface area (Å²) in [6, 6.07) is 15.1. The molecule has 1 nitrogen and oxygen atoms in total. The van der Waals surface area contributed by atoms with Gasteiger partial charge in [-0.05, 0) is 70.9 Å². The molecule has 2 rings (SSSR count). The van der Waals surface area contributed by atoms with Crippen LogP contribution in [0.2, 0.25) is 5.02 Å². The van der Waals surface area contributed by atoms with Gasteiger partial charge in [-0.15, -0.1) is 0 Å². The van der Waals surface area contributed by atoms with E-state index in [1.807, 2.05) is 19.2 Å². The molecule has 0 saturated carbocycles. The van der Waals surface area contributed by atoms with E-state index < -0.39 is 0 Å². The Morgan fingerprint density at radius 2 is 1.85 bits per heavy atom. The molecular formula is C17H19ClIN. The largest absolute Gasteiger partial charge is 0.309 e. The minimum Gasteiger partial charge on any atom is -0.309 e. The number of halogens is 2. The fraction of sp³-hybridized carbons (Fsp3) is 0.294. The molecule has 0 amide bonds. The Labute approximate surface area is 139 Å². The second kappa shape index (κ2) is 7.43. The van der Waals surface area contributed by atoms with Gasteiger partial charge in [-0.3, -0.25) is 0 Å². The standard InChI is InChI=1S/C17H19ClIN/c1-3-4-12-5-7-13(8-6-12)17(20-2)15-11-14(18)9-10-16(15)19/h5-11,17,20H,3-4H2,1-2H3. The molecule has 0 aromatic heterocycles. The minimum atomic E-state index is 0.177. The van der Waals surface area contributed by atoms with E-state index in [0.717, 1.165) is 11.4 Å². The number of benzene rings is 2. The van der Waals surface area contributed by atoms with Crippen molar-refractivity contribution in [2.75, 3.05) is 7.05 Å². The average Bonchev–Trinajstić information content (AvgIpc) is 2.45. The smallest absolute Gasteiger partial charge is 0.0585 e. The topological polar surface area (TPSA) is 12.0 Å². The maximum absolute atomic E-state index is 6.14. The summed E-state index contributed by atoms with van der Waals surface area (Å²) < 4.78 is 1.23. The van der Waals surface area contributed by atoms with Crippen LogP contribution in [0.1, 0.15) is 36.1 Å². The summed E-state index contributed by atoms with van der Waals surface area (Å²) in [5.74, 6) is 0. The van der Waals surface area contributed by atoms with Crippen molar-refractivity contribution >= 4 is 34.2 Å². The predicted molar refractivity (Wildman–Crippen MR) is 95.5 cm³/mol. The van der Waals surface area contributed by atoms with Gasteiger partial charge in [-0.25, -0.2) is 0 Å². The molecule has 0 bridgehead atoms. The van der Waals surface area contributed by atoms with E-state index >= 15 is 0 Å². The first-order valence-corrected chi connectivity index (χ1v) is 8.32. The third-order valence-corrected chi connectivity index (χ3v) is 4.63. The summed E-state index contributed by atoms with van der Waals surface area (Å²) in [6.07, 6.45) is 2.32. The first-order chi connectivity index (χ1) is 9.65. The third-order valence-electron chi connectivity index (χ3n) is 3.41.